The van der Waals surface area contributed by atoms with E-state index in [4.69, 9.17) is 9.47 Å². The van der Waals surface area contributed by atoms with Crippen molar-refractivity contribution in [2.45, 2.75) is 38.3 Å². The molecule has 1 amide bonds. The number of hydrogen-bond acceptors (Lipinski definition) is 4. The molecule has 1 atom stereocenters. The topological polar surface area (TPSA) is 59.6 Å². The number of ether oxygens (including phenoxy) is 2. The molecule has 0 bridgehead atoms. The van der Waals surface area contributed by atoms with Gasteiger partial charge in [-0.2, -0.15) is 0 Å². The molecular formula is C16H24N2O3. The minimum Gasteiger partial charge on any atom is -0.497 e. The molecule has 1 aromatic carbocycles. The number of methoxy groups -OCH3 is 2. The van der Waals surface area contributed by atoms with E-state index in [1.54, 1.807) is 14.2 Å². The van der Waals surface area contributed by atoms with Crippen LogP contribution in [-0.4, -0.2) is 32.2 Å². The van der Waals surface area contributed by atoms with Crippen molar-refractivity contribution >= 4 is 5.91 Å². The van der Waals surface area contributed by atoms with E-state index in [1.807, 2.05) is 25.1 Å². The van der Waals surface area contributed by atoms with Crippen LogP contribution in [0.1, 0.15) is 31.7 Å². The number of hydrogen-bond donors (Lipinski definition) is 2. The van der Waals surface area contributed by atoms with Crippen LogP contribution >= 0.6 is 0 Å². The lowest BCUT2D eigenvalue weighted by Gasteiger charge is -2.33. The summed E-state index contributed by atoms with van der Waals surface area (Å²) in [6, 6.07) is 5.60. The van der Waals surface area contributed by atoms with Gasteiger partial charge in [0.15, 0.2) is 0 Å². The minimum atomic E-state index is -0.460. The average molecular weight is 292 g/mol. The Kier molecular flexibility index (Phi) is 5.07. The molecule has 5 nitrogen and oxygen atoms in total. The van der Waals surface area contributed by atoms with E-state index in [-0.39, 0.29) is 5.91 Å². The molecule has 0 spiro atoms. The average Bonchev–Trinajstić information content (AvgIpc) is 2.53. The second-order valence-corrected chi connectivity index (χ2v) is 5.58. The molecule has 1 fully saturated rings. The first kappa shape index (κ1) is 15.6. The quantitative estimate of drug-likeness (QED) is 0.869. The normalized spacial score (nSPS) is 21.7. The van der Waals surface area contributed by atoms with Gasteiger partial charge >= 0.3 is 0 Å². The molecule has 5 heteroatoms. The molecule has 1 unspecified atom stereocenters. The summed E-state index contributed by atoms with van der Waals surface area (Å²) in [7, 11) is 3.23. The van der Waals surface area contributed by atoms with E-state index in [0.29, 0.717) is 6.54 Å². The van der Waals surface area contributed by atoms with Crippen molar-refractivity contribution < 1.29 is 14.3 Å². The Balaban J connectivity index is 2.00. The Hall–Kier alpha value is -1.75. The van der Waals surface area contributed by atoms with Crippen molar-refractivity contribution in [1.82, 2.24) is 10.6 Å². The number of carbonyl (C=O) groups is 1. The summed E-state index contributed by atoms with van der Waals surface area (Å²) in [5.74, 6) is 1.50. The van der Waals surface area contributed by atoms with E-state index in [1.165, 1.54) is 0 Å². The van der Waals surface area contributed by atoms with Crippen molar-refractivity contribution in [3.63, 3.8) is 0 Å². The largest absolute Gasteiger partial charge is 0.497 e. The van der Waals surface area contributed by atoms with Crippen LogP contribution in [0.4, 0.5) is 0 Å². The van der Waals surface area contributed by atoms with Gasteiger partial charge in [0.1, 0.15) is 11.5 Å². The zero-order valence-electron chi connectivity index (χ0n) is 13.0. The fraction of sp³-hybridized carbons (Fsp3) is 0.562. The number of carbonyl (C=O) groups excluding carboxylic acids is 1. The maximum Gasteiger partial charge on any atom is 0.240 e. The van der Waals surface area contributed by atoms with Gasteiger partial charge in [-0.15, -0.1) is 0 Å². The van der Waals surface area contributed by atoms with Gasteiger partial charge in [0, 0.05) is 18.2 Å². The van der Waals surface area contributed by atoms with Gasteiger partial charge in [0.25, 0.3) is 0 Å². The highest BCUT2D eigenvalue weighted by molar-refractivity contribution is 5.86. The number of nitrogens with one attached hydrogen (secondary N) is 2. The molecule has 0 radical (unpaired) electrons. The highest BCUT2D eigenvalue weighted by Crippen LogP contribution is 2.25. The van der Waals surface area contributed by atoms with Crippen molar-refractivity contribution in [3.05, 3.63) is 23.8 Å². The predicted molar refractivity (Wildman–Crippen MR) is 81.7 cm³/mol. The fourth-order valence-corrected chi connectivity index (χ4v) is 2.62. The summed E-state index contributed by atoms with van der Waals surface area (Å²) in [6.07, 6.45) is 3.09. The highest BCUT2D eigenvalue weighted by atomic mass is 16.5. The maximum atomic E-state index is 12.4. The summed E-state index contributed by atoms with van der Waals surface area (Å²) >= 11 is 0. The van der Waals surface area contributed by atoms with Crippen LogP contribution < -0.4 is 20.1 Å². The lowest BCUT2D eigenvalue weighted by Crippen LogP contribution is -2.56. The van der Waals surface area contributed by atoms with Gasteiger partial charge in [-0.25, -0.2) is 0 Å². The molecule has 2 N–H and O–H groups in total. The third-order valence-electron chi connectivity index (χ3n) is 4.05. The smallest absolute Gasteiger partial charge is 0.240 e. The Morgan fingerprint density at radius 2 is 2.14 bits per heavy atom. The Morgan fingerprint density at radius 1 is 1.33 bits per heavy atom. The van der Waals surface area contributed by atoms with Gasteiger partial charge in [-0.05, 0) is 44.9 Å². The molecule has 0 aliphatic carbocycles. The first-order valence-electron chi connectivity index (χ1n) is 7.33. The number of benzene rings is 1. The molecule has 1 saturated heterocycles. The van der Waals surface area contributed by atoms with Crippen molar-refractivity contribution in [3.8, 4) is 11.5 Å². The van der Waals surface area contributed by atoms with E-state index >= 15 is 0 Å². The van der Waals surface area contributed by atoms with Crippen LogP contribution in [0.2, 0.25) is 0 Å². The first-order chi connectivity index (χ1) is 10.1. The Labute approximate surface area is 126 Å². The fourth-order valence-electron chi connectivity index (χ4n) is 2.62. The maximum absolute atomic E-state index is 12.4. The molecule has 21 heavy (non-hydrogen) atoms. The van der Waals surface area contributed by atoms with Gasteiger partial charge in [0.2, 0.25) is 5.91 Å². The highest BCUT2D eigenvalue weighted by Gasteiger charge is 2.33. The summed E-state index contributed by atoms with van der Waals surface area (Å²) in [4.78, 5) is 12.4. The van der Waals surface area contributed by atoms with Gasteiger partial charge in [-0.1, -0.05) is 0 Å². The van der Waals surface area contributed by atoms with E-state index in [0.717, 1.165) is 42.9 Å². The van der Waals surface area contributed by atoms with Crippen molar-refractivity contribution in [2.75, 3.05) is 20.8 Å². The van der Waals surface area contributed by atoms with Crippen molar-refractivity contribution in [1.29, 1.82) is 0 Å². The second kappa shape index (κ2) is 6.80. The predicted octanol–water partition coefficient (Wildman–Crippen LogP) is 1.85. The molecule has 1 heterocycles. The Bertz CT molecular complexity index is 496. The van der Waals surface area contributed by atoms with Crippen LogP contribution in [-0.2, 0) is 11.3 Å². The molecule has 116 valence electrons. The number of rotatable bonds is 5. The summed E-state index contributed by atoms with van der Waals surface area (Å²) in [6.45, 7) is 3.31. The van der Waals surface area contributed by atoms with E-state index < -0.39 is 5.54 Å². The molecule has 2 rings (SSSR count). The number of amides is 1. The lowest BCUT2D eigenvalue weighted by molar-refractivity contribution is -0.128. The van der Waals surface area contributed by atoms with Crippen LogP contribution in [0.25, 0.3) is 0 Å². The zero-order valence-corrected chi connectivity index (χ0v) is 13.0. The molecule has 1 aliphatic heterocycles. The molecule has 0 aromatic heterocycles. The van der Waals surface area contributed by atoms with Crippen LogP contribution in [0.3, 0.4) is 0 Å². The van der Waals surface area contributed by atoms with E-state index in [2.05, 4.69) is 10.6 Å². The van der Waals surface area contributed by atoms with Crippen LogP contribution in [0.5, 0.6) is 11.5 Å². The van der Waals surface area contributed by atoms with E-state index in [9.17, 15) is 4.79 Å². The second-order valence-electron chi connectivity index (χ2n) is 5.58. The Morgan fingerprint density at radius 3 is 2.76 bits per heavy atom. The van der Waals surface area contributed by atoms with Crippen LogP contribution in [0.15, 0.2) is 18.2 Å². The summed E-state index contributed by atoms with van der Waals surface area (Å²) < 4.78 is 10.5. The molecule has 1 aromatic rings. The van der Waals surface area contributed by atoms with Gasteiger partial charge in [0.05, 0.1) is 19.8 Å². The summed E-state index contributed by atoms with van der Waals surface area (Å²) in [5, 5.41) is 6.31. The first-order valence-corrected chi connectivity index (χ1v) is 7.33. The zero-order chi connectivity index (χ0) is 15.3. The lowest BCUT2D eigenvalue weighted by atomic mass is 9.90. The third kappa shape index (κ3) is 3.67. The molecular weight excluding hydrogens is 268 g/mol. The third-order valence-corrected chi connectivity index (χ3v) is 4.05. The minimum absolute atomic E-state index is 0.0417. The number of piperidine rings is 1. The molecule has 0 saturated carbocycles. The SMILES string of the molecule is COc1ccc(CNC(=O)C2(C)CCCCN2)c(OC)c1. The van der Waals surface area contributed by atoms with Crippen LogP contribution in [0, 0.1) is 0 Å². The van der Waals surface area contributed by atoms with Crippen molar-refractivity contribution in [2.24, 2.45) is 0 Å². The standard InChI is InChI=1S/C16H24N2O3/c1-16(8-4-5-9-18-16)15(19)17-11-12-6-7-13(20-2)10-14(12)21-3/h6-7,10,18H,4-5,8-9,11H2,1-3H3,(H,17,19). The summed E-state index contributed by atoms with van der Waals surface area (Å²) in [5.41, 5.74) is 0.476. The van der Waals surface area contributed by atoms with Gasteiger partial charge < -0.3 is 20.1 Å². The van der Waals surface area contributed by atoms with Gasteiger partial charge in [-0.3, -0.25) is 4.79 Å². The monoisotopic (exact) mass is 292 g/mol. The molecule has 1 aliphatic rings.